The maximum absolute atomic E-state index is 12.2. The molecule has 2 saturated heterocycles. The van der Waals surface area contributed by atoms with Gasteiger partial charge in [-0.2, -0.15) is 0 Å². The maximum atomic E-state index is 12.2. The first-order chi connectivity index (χ1) is 8.66. The molecule has 0 radical (unpaired) electrons. The van der Waals surface area contributed by atoms with E-state index in [1.165, 1.54) is 12.8 Å². The quantitative estimate of drug-likeness (QED) is 0.817. The molecular formula is C13H25N3OS. The van der Waals surface area contributed by atoms with E-state index in [0.717, 1.165) is 32.7 Å². The second-order valence-electron chi connectivity index (χ2n) is 5.43. The second-order valence-corrected chi connectivity index (χ2v) is 6.72. The van der Waals surface area contributed by atoms with Gasteiger partial charge in [0.15, 0.2) is 0 Å². The van der Waals surface area contributed by atoms with Crippen molar-refractivity contribution in [1.82, 2.24) is 15.1 Å². The summed E-state index contributed by atoms with van der Waals surface area (Å²) in [5, 5.41) is 4.04. The van der Waals surface area contributed by atoms with Crippen molar-refractivity contribution >= 4 is 17.7 Å². The predicted molar refractivity (Wildman–Crippen MR) is 77.0 cm³/mol. The molecule has 1 unspecified atom stereocenters. The molecular weight excluding hydrogens is 246 g/mol. The summed E-state index contributed by atoms with van der Waals surface area (Å²) in [6.45, 7) is 7.20. The Morgan fingerprint density at radius 3 is 2.72 bits per heavy atom. The minimum atomic E-state index is 0.332. The molecule has 0 aromatic carbocycles. The van der Waals surface area contributed by atoms with Crippen LogP contribution in [0, 0.1) is 0 Å². The Morgan fingerprint density at radius 1 is 1.33 bits per heavy atom. The fourth-order valence-corrected chi connectivity index (χ4v) is 3.65. The average molecular weight is 271 g/mol. The van der Waals surface area contributed by atoms with E-state index >= 15 is 0 Å². The van der Waals surface area contributed by atoms with Crippen LogP contribution in [0.15, 0.2) is 0 Å². The number of hydrogen-bond acceptors (Lipinski definition) is 4. The van der Waals surface area contributed by atoms with Crippen LogP contribution in [0.3, 0.4) is 0 Å². The summed E-state index contributed by atoms with van der Waals surface area (Å²) in [6, 6.07) is 0.492. The Balaban J connectivity index is 1.70. The van der Waals surface area contributed by atoms with Crippen molar-refractivity contribution in [1.29, 1.82) is 0 Å². The topological polar surface area (TPSA) is 35.6 Å². The molecule has 2 fully saturated rings. The van der Waals surface area contributed by atoms with E-state index in [1.54, 1.807) is 0 Å². The van der Waals surface area contributed by atoms with Crippen molar-refractivity contribution < 1.29 is 4.79 Å². The molecule has 2 rings (SSSR count). The fraction of sp³-hybridized carbons (Fsp3) is 0.923. The Bertz CT molecular complexity index is 281. The summed E-state index contributed by atoms with van der Waals surface area (Å²) in [5.41, 5.74) is 0. The number of likely N-dealkylation sites (N-methyl/N-ethyl adjacent to an activating group) is 1. The molecule has 5 heteroatoms. The summed E-state index contributed by atoms with van der Waals surface area (Å²) in [7, 11) is 2.14. The molecule has 0 bridgehead atoms. The Labute approximate surface area is 114 Å². The summed E-state index contributed by atoms with van der Waals surface area (Å²) >= 11 is 1.86. The van der Waals surface area contributed by atoms with Crippen molar-refractivity contribution in [2.75, 3.05) is 45.5 Å². The molecule has 1 atom stereocenters. The normalized spacial score (nSPS) is 27.4. The Hall–Kier alpha value is -0.260. The maximum Gasteiger partial charge on any atom is 0.232 e. The zero-order valence-electron chi connectivity index (χ0n) is 11.5. The zero-order valence-corrected chi connectivity index (χ0v) is 12.3. The summed E-state index contributed by atoms with van der Waals surface area (Å²) in [5.74, 6) is 1.000. The van der Waals surface area contributed by atoms with Crippen LogP contribution in [0.4, 0.5) is 0 Å². The van der Waals surface area contributed by atoms with Crippen LogP contribution >= 0.6 is 11.8 Å². The molecule has 4 nitrogen and oxygen atoms in total. The van der Waals surface area contributed by atoms with E-state index in [0.29, 0.717) is 23.0 Å². The first-order valence-electron chi connectivity index (χ1n) is 6.97. The van der Waals surface area contributed by atoms with Crippen LogP contribution in [-0.2, 0) is 4.79 Å². The number of carbonyl (C=O) groups is 1. The number of piperazine rings is 1. The highest BCUT2D eigenvalue weighted by atomic mass is 32.2. The molecule has 1 amide bonds. The van der Waals surface area contributed by atoms with Crippen LogP contribution in [0.2, 0.25) is 0 Å². The van der Waals surface area contributed by atoms with Crippen molar-refractivity contribution in [3.05, 3.63) is 0 Å². The lowest BCUT2D eigenvalue weighted by Crippen LogP contribution is -2.52. The summed E-state index contributed by atoms with van der Waals surface area (Å²) in [6.07, 6.45) is 2.41. The molecule has 0 aliphatic carbocycles. The van der Waals surface area contributed by atoms with E-state index in [4.69, 9.17) is 0 Å². The standard InChI is InChI=1S/C13H25N3OS/c1-11-9-16(8-7-15(11)2)13(17)10-18-12-3-5-14-6-4-12/h11-12,14H,3-10H2,1-2H3. The number of nitrogens with zero attached hydrogens (tertiary/aromatic N) is 2. The number of thioether (sulfide) groups is 1. The largest absolute Gasteiger partial charge is 0.339 e. The van der Waals surface area contributed by atoms with Crippen LogP contribution < -0.4 is 5.32 Å². The van der Waals surface area contributed by atoms with Gasteiger partial charge in [-0.15, -0.1) is 11.8 Å². The van der Waals surface area contributed by atoms with E-state index < -0.39 is 0 Å². The summed E-state index contributed by atoms with van der Waals surface area (Å²) < 4.78 is 0. The fourth-order valence-electron chi connectivity index (χ4n) is 2.52. The van der Waals surface area contributed by atoms with Gasteiger partial charge in [-0.3, -0.25) is 4.79 Å². The predicted octanol–water partition coefficient (Wildman–Crippen LogP) is 0.634. The van der Waals surface area contributed by atoms with E-state index in [9.17, 15) is 4.79 Å². The number of nitrogens with one attached hydrogen (secondary N) is 1. The molecule has 0 aromatic heterocycles. The van der Waals surface area contributed by atoms with Gasteiger partial charge in [-0.1, -0.05) is 0 Å². The number of amides is 1. The van der Waals surface area contributed by atoms with Crippen molar-refractivity contribution in [3.63, 3.8) is 0 Å². The van der Waals surface area contributed by atoms with Crippen LogP contribution in [0.25, 0.3) is 0 Å². The highest BCUT2D eigenvalue weighted by molar-refractivity contribution is 8.00. The van der Waals surface area contributed by atoms with Crippen LogP contribution in [0.1, 0.15) is 19.8 Å². The Morgan fingerprint density at radius 2 is 2.06 bits per heavy atom. The minimum absolute atomic E-state index is 0.332. The average Bonchev–Trinajstić information content (AvgIpc) is 2.40. The Kier molecular flexibility index (Phi) is 5.33. The molecule has 0 aromatic rings. The van der Waals surface area contributed by atoms with Gasteiger partial charge in [-0.05, 0) is 39.9 Å². The number of rotatable bonds is 3. The monoisotopic (exact) mass is 271 g/mol. The van der Waals surface area contributed by atoms with E-state index in [-0.39, 0.29) is 0 Å². The first kappa shape index (κ1) is 14.2. The lowest BCUT2D eigenvalue weighted by atomic mass is 10.2. The third-order valence-electron chi connectivity index (χ3n) is 4.04. The lowest BCUT2D eigenvalue weighted by Gasteiger charge is -2.37. The first-order valence-corrected chi connectivity index (χ1v) is 8.02. The SMILES string of the molecule is CC1CN(C(=O)CSC2CCNCC2)CCN1C. The van der Waals surface area contributed by atoms with Crippen LogP contribution in [0.5, 0.6) is 0 Å². The van der Waals surface area contributed by atoms with Crippen molar-refractivity contribution in [2.24, 2.45) is 0 Å². The van der Waals surface area contributed by atoms with Crippen LogP contribution in [-0.4, -0.2) is 72.5 Å². The third kappa shape index (κ3) is 3.87. The van der Waals surface area contributed by atoms with Gasteiger partial charge in [0.1, 0.15) is 0 Å². The molecule has 0 spiro atoms. The number of carbonyl (C=O) groups excluding carboxylic acids is 1. The molecule has 2 aliphatic rings. The van der Waals surface area contributed by atoms with E-state index in [1.807, 2.05) is 16.7 Å². The van der Waals surface area contributed by atoms with Crippen molar-refractivity contribution in [3.8, 4) is 0 Å². The molecule has 18 heavy (non-hydrogen) atoms. The van der Waals surface area contributed by atoms with Gasteiger partial charge in [0.05, 0.1) is 5.75 Å². The smallest absolute Gasteiger partial charge is 0.232 e. The molecule has 2 heterocycles. The molecule has 1 N–H and O–H groups in total. The van der Waals surface area contributed by atoms with Gasteiger partial charge in [0, 0.05) is 30.9 Å². The van der Waals surface area contributed by atoms with Gasteiger partial charge < -0.3 is 15.1 Å². The van der Waals surface area contributed by atoms with Gasteiger partial charge in [0.25, 0.3) is 0 Å². The highest BCUT2D eigenvalue weighted by Gasteiger charge is 2.25. The van der Waals surface area contributed by atoms with Gasteiger partial charge in [0.2, 0.25) is 5.91 Å². The van der Waals surface area contributed by atoms with Gasteiger partial charge >= 0.3 is 0 Å². The summed E-state index contributed by atoms with van der Waals surface area (Å²) in [4.78, 5) is 16.5. The van der Waals surface area contributed by atoms with E-state index in [2.05, 4.69) is 24.2 Å². The van der Waals surface area contributed by atoms with Gasteiger partial charge in [-0.25, -0.2) is 0 Å². The molecule has 2 aliphatic heterocycles. The third-order valence-corrected chi connectivity index (χ3v) is 5.40. The number of piperidine rings is 1. The molecule has 0 saturated carbocycles. The lowest BCUT2D eigenvalue weighted by molar-refractivity contribution is -0.130. The second kappa shape index (κ2) is 6.78. The number of hydrogen-bond donors (Lipinski definition) is 1. The highest BCUT2D eigenvalue weighted by Crippen LogP contribution is 2.21. The minimum Gasteiger partial charge on any atom is -0.339 e. The van der Waals surface area contributed by atoms with Crippen molar-refractivity contribution in [2.45, 2.75) is 31.1 Å². The molecule has 104 valence electrons. The zero-order chi connectivity index (χ0) is 13.0.